The van der Waals surface area contributed by atoms with Crippen molar-refractivity contribution in [3.63, 3.8) is 0 Å². The largest absolute Gasteiger partial charge is 0.468 e. The molecule has 0 unspecified atom stereocenters. The maximum Gasteiger partial charge on any atom is 0.256 e. The number of hydrogen-bond acceptors (Lipinski definition) is 3. The van der Waals surface area contributed by atoms with Crippen LogP contribution in [0, 0.1) is 17.5 Å². The van der Waals surface area contributed by atoms with Crippen LogP contribution < -0.4 is 0 Å². The highest BCUT2D eigenvalue weighted by Gasteiger charge is 2.27. The van der Waals surface area contributed by atoms with Crippen LogP contribution in [0.15, 0.2) is 34.9 Å². The molecule has 2 aromatic rings. The van der Waals surface area contributed by atoms with E-state index in [1.165, 1.54) is 4.90 Å². The van der Waals surface area contributed by atoms with Crippen LogP contribution >= 0.6 is 11.8 Å². The molecule has 1 aromatic carbocycles. The lowest BCUT2D eigenvalue weighted by atomic mass is 10.1. The first-order valence-corrected chi connectivity index (χ1v) is 8.20. The summed E-state index contributed by atoms with van der Waals surface area (Å²) in [6, 6.07) is 5.44. The van der Waals surface area contributed by atoms with Crippen LogP contribution in [0.3, 0.4) is 0 Å². The van der Waals surface area contributed by atoms with Crippen molar-refractivity contribution in [3.05, 3.63) is 59.3 Å². The average molecular weight is 341 g/mol. The Bertz CT molecular complexity index is 706. The van der Waals surface area contributed by atoms with Gasteiger partial charge in [-0.1, -0.05) is 0 Å². The number of benzene rings is 1. The molecule has 2 heterocycles. The van der Waals surface area contributed by atoms with Crippen LogP contribution in [-0.2, 0) is 0 Å². The van der Waals surface area contributed by atoms with E-state index in [9.17, 15) is 18.0 Å². The summed E-state index contributed by atoms with van der Waals surface area (Å²) in [5.41, 5.74) is -0.439. The fraction of sp³-hybridized carbons (Fsp3) is 0.312. The molecule has 1 aliphatic rings. The lowest BCUT2D eigenvalue weighted by Crippen LogP contribution is -2.33. The smallest absolute Gasteiger partial charge is 0.256 e. The van der Waals surface area contributed by atoms with Crippen LogP contribution in [0.25, 0.3) is 0 Å². The first-order valence-electron chi connectivity index (χ1n) is 7.15. The fourth-order valence-corrected chi connectivity index (χ4v) is 3.72. The zero-order valence-electron chi connectivity index (χ0n) is 12.1. The number of carbonyl (C=O) groups is 1. The van der Waals surface area contributed by atoms with E-state index < -0.39 is 28.9 Å². The zero-order chi connectivity index (χ0) is 16.4. The molecule has 1 atom stereocenters. The van der Waals surface area contributed by atoms with E-state index >= 15 is 0 Å². The minimum absolute atomic E-state index is 0.123. The molecule has 0 N–H and O–H groups in total. The summed E-state index contributed by atoms with van der Waals surface area (Å²) in [4.78, 5) is 13.9. The summed E-state index contributed by atoms with van der Waals surface area (Å²) >= 11 is 1.65. The van der Waals surface area contributed by atoms with Crippen LogP contribution in [0.1, 0.15) is 27.8 Å². The molecule has 0 radical (unpaired) electrons. The van der Waals surface area contributed by atoms with Crippen molar-refractivity contribution in [2.24, 2.45) is 0 Å². The van der Waals surface area contributed by atoms with Crippen molar-refractivity contribution in [3.8, 4) is 0 Å². The average Bonchev–Trinajstić information content (AvgIpc) is 2.97. The molecule has 0 saturated carbocycles. The van der Waals surface area contributed by atoms with E-state index in [0.29, 0.717) is 25.3 Å². The number of nitrogens with zero attached hydrogens (tertiary/aromatic N) is 1. The molecule has 1 aliphatic heterocycles. The Kier molecular flexibility index (Phi) is 4.66. The van der Waals surface area contributed by atoms with E-state index in [2.05, 4.69) is 0 Å². The predicted molar refractivity (Wildman–Crippen MR) is 80.7 cm³/mol. The van der Waals surface area contributed by atoms with Crippen molar-refractivity contribution in [2.45, 2.75) is 11.7 Å². The van der Waals surface area contributed by atoms with Gasteiger partial charge in [-0.15, -0.1) is 11.8 Å². The molecule has 0 bridgehead atoms. The van der Waals surface area contributed by atoms with E-state index in [1.807, 2.05) is 6.07 Å². The molecule has 1 saturated heterocycles. The van der Waals surface area contributed by atoms with Crippen LogP contribution in [-0.4, -0.2) is 29.6 Å². The molecule has 1 aromatic heterocycles. The monoisotopic (exact) mass is 341 g/mol. The van der Waals surface area contributed by atoms with Gasteiger partial charge >= 0.3 is 0 Å². The molecule has 1 fully saturated rings. The number of carbonyl (C=O) groups excluding carboxylic acids is 1. The summed E-state index contributed by atoms with van der Waals surface area (Å²) < 4.78 is 45.5. The van der Waals surface area contributed by atoms with Gasteiger partial charge in [-0.25, -0.2) is 13.2 Å². The summed E-state index contributed by atoms with van der Waals surface area (Å²) in [6.45, 7) is 0.814. The van der Waals surface area contributed by atoms with E-state index in [4.69, 9.17) is 4.42 Å². The number of furan rings is 1. The number of hydrogen-bond donors (Lipinski definition) is 0. The highest BCUT2D eigenvalue weighted by Crippen LogP contribution is 2.34. The van der Waals surface area contributed by atoms with Crippen molar-refractivity contribution in [2.75, 3.05) is 18.8 Å². The van der Waals surface area contributed by atoms with Crippen molar-refractivity contribution >= 4 is 17.7 Å². The number of amides is 1. The molecule has 1 amide bonds. The van der Waals surface area contributed by atoms with Gasteiger partial charge in [0.25, 0.3) is 5.91 Å². The third-order valence-corrected chi connectivity index (χ3v) is 5.04. The Balaban J connectivity index is 1.75. The molecule has 3 nitrogen and oxygen atoms in total. The zero-order valence-corrected chi connectivity index (χ0v) is 12.9. The highest BCUT2D eigenvalue weighted by atomic mass is 32.2. The first kappa shape index (κ1) is 16.0. The van der Waals surface area contributed by atoms with Gasteiger partial charge in [-0.3, -0.25) is 4.79 Å². The van der Waals surface area contributed by atoms with Gasteiger partial charge in [0, 0.05) is 18.8 Å². The maximum absolute atomic E-state index is 13.8. The lowest BCUT2D eigenvalue weighted by Gasteiger charge is -2.20. The minimum atomic E-state index is -1.62. The maximum atomic E-state index is 13.8. The van der Waals surface area contributed by atoms with Crippen LogP contribution in [0.4, 0.5) is 13.2 Å². The van der Waals surface area contributed by atoms with Crippen molar-refractivity contribution in [1.82, 2.24) is 4.90 Å². The molecule has 122 valence electrons. The van der Waals surface area contributed by atoms with Gasteiger partial charge in [0.2, 0.25) is 0 Å². The van der Waals surface area contributed by atoms with E-state index in [0.717, 1.165) is 17.9 Å². The van der Waals surface area contributed by atoms with Gasteiger partial charge in [-0.05, 0) is 30.7 Å². The highest BCUT2D eigenvalue weighted by molar-refractivity contribution is 7.99. The first-order chi connectivity index (χ1) is 11.1. The lowest BCUT2D eigenvalue weighted by molar-refractivity contribution is 0.0760. The molecule has 0 spiro atoms. The fourth-order valence-electron chi connectivity index (χ4n) is 2.54. The Morgan fingerprint density at radius 2 is 2.00 bits per heavy atom. The van der Waals surface area contributed by atoms with Gasteiger partial charge in [-0.2, -0.15) is 0 Å². The minimum Gasteiger partial charge on any atom is -0.468 e. The molecule has 3 rings (SSSR count). The predicted octanol–water partition coefficient (Wildman–Crippen LogP) is 4.02. The number of thioether (sulfide) groups is 1. The Hall–Kier alpha value is -1.89. The Morgan fingerprint density at radius 1 is 1.17 bits per heavy atom. The SMILES string of the molecule is O=C(c1ccc(F)c(F)c1F)N1CCS[C@H](c2ccco2)CC1. The molecule has 7 heteroatoms. The van der Waals surface area contributed by atoms with Gasteiger partial charge in [0.05, 0.1) is 17.1 Å². The quantitative estimate of drug-likeness (QED) is 0.774. The third-order valence-electron chi connectivity index (χ3n) is 3.75. The summed E-state index contributed by atoms with van der Waals surface area (Å²) in [5, 5.41) is 0.123. The second kappa shape index (κ2) is 6.70. The Labute approximate surface area is 135 Å². The van der Waals surface area contributed by atoms with Crippen LogP contribution in [0.5, 0.6) is 0 Å². The molecular weight excluding hydrogens is 327 g/mol. The Morgan fingerprint density at radius 3 is 2.74 bits per heavy atom. The topological polar surface area (TPSA) is 33.5 Å². The molecule has 0 aliphatic carbocycles. The van der Waals surface area contributed by atoms with E-state index in [-0.39, 0.29) is 5.25 Å². The third kappa shape index (κ3) is 3.24. The van der Waals surface area contributed by atoms with Gasteiger partial charge in [0.15, 0.2) is 17.5 Å². The standard InChI is InChI=1S/C16H14F3NO2S/c17-11-4-3-10(14(18)15(11)19)16(21)20-6-5-13(23-9-7-20)12-2-1-8-22-12/h1-4,8,13H,5-7,9H2/t13-/m0/s1. The van der Waals surface area contributed by atoms with Crippen molar-refractivity contribution in [1.29, 1.82) is 0 Å². The molecule has 23 heavy (non-hydrogen) atoms. The van der Waals surface area contributed by atoms with Crippen molar-refractivity contribution < 1.29 is 22.4 Å². The summed E-state index contributed by atoms with van der Waals surface area (Å²) in [6.07, 6.45) is 2.25. The second-order valence-electron chi connectivity index (χ2n) is 5.18. The van der Waals surface area contributed by atoms with E-state index in [1.54, 1.807) is 24.1 Å². The summed E-state index contributed by atoms with van der Waals surface area (Å²) in [5.74, 6) is -3.49. The number of rotatable bonds is 2. The number of halogens is 3. The summed E-state index contributed by atoms with van der Waals surface area (Å²) in [7, 11) is 0. The normalized spacial score (nSPS) is 18.7. The van der Waals surface area contributed by atoms with Gasteiger partial charge in [0.1, 0.15) is 5.76 Å². The van der Waals surface area contributed by atoms with Crippen LogP contribution in [0.2, 0.25) is 0 Å². The van der Waals surface area contributed by atoms with Gasteiger partial charge < -0.3 is 9.32 Å². The second-order valence-corrected chi connectivity index (χ2v) is 6.49. The molecular formula is C16H14F3NO2S.